The van der Waals surface area contributed by atoms with Crippen molar-refractivity contribution in [2.24, 2.45) is 7.05 Å². The maximum atomic E-state index is 4.82. The Labute approximate surface area is 115 Å². The molecule has 1 aromatic carbocycles. The van der Waals surface area contributed by atoms with E-state index in [1.807, 2.05) is 0 Å². The molecule has 0 amide bonds. The molecule has 1 saturated heterocycles. The summed E-state index contributed by atoms with van der Waals surface area (Å²) >= 11 is 3.56. The van der Waals surface area contributed by atoms with E-state index >= 15 is 0 Å². The van der Waals surface area contributed by atoms with Crippen LogP contribution in [0.1, 0.15) is 5.56 Å². The quantitative estimate of drug-likeness (QED) is 0.875. The summed E-state index contributed by atoms with van der Waals surface area (Å²) in [5.74, 6) is 1.08. The summed E-state index contributed by atoms with van der Waals surface area (Å²) in [5.41, 5.74) is 3.51. The molecule has 2 aromatic rings. The van der Waals surface area contributed by atoms with Gasteiger partial charge in [0.25, 0.3) is 0 Å². The average Bonchev–Trinajstić information content (AvgIpc) is 2.69. The molecule has 1 aromatic heterocycles. The lowest BCUT2D eigenvalue weighted by Crippen LogP contribution is -2.44. The van der Waals surface area contributed by atoms with Crippen molar-refractivity contribution >= 4 is 32.9 Å². The molecule has 18 heavy (non-hydrogen) atoms. The Bertz CT molecular complexity index is 584. The summed E-state index contributed by atoms with van der Waals surface area (Å²) in [4.78, 5) is 7.17. The van der Waals surface area contributed by atoms with E-state index in [1.165, 1.54) is 11.1 Å². The van der Waals surface area contributed by atoms with Crippen molar-refractivity contribution in [3.8, 4) is 0 Å². The van der Waals surface area contributed by atoms with Gasteiger partial charge in [0, 0.05) is 37.7 Å². The molecule has 2 heterocycles. The van der Waals surface area contributed by atoms with Crippen LogP contribution >= 0.6 is 15.9 Å². The number of halogens is 1. The topological polar surface area (TPSA) is 33.1 Å². The van der Waals surface area contributed by atoms with Gasteiger partial charge in [0.1, 0.15) is 0 Å². The summed E-state index contributed by atoms with van der Waals surface area (Å²) in [6, 6.07) is 4.26. The molecule has 0 saturated carbocycles. The second-order valence-electron chi connectivity index (χ2n) is 4.80. The first-order valence-corrected chi connectivity index (χ1v) is 7.04. The van der Waals surface area contributed by atoms with Crippen LogP contribution in [0.25, 0.3) is 11.0 Å². The maximum absolute atomic E-state index is 4.82. The molecule has 0 spiro atoms. The van der Waals surface area contributed by atoms with Crippen molar-refractivity contribution in [3.05, 3.63) is 22.2 Å². The van der Waals surface area contributed by atoms with Gasteiger partial charge in [-0.25, -0.2) is 4.98 Å². The number of hydrogen-bond donors (Lipinski definition) is 1. The Kier molecular flexibility index (Phi) is 3.03. The molecule has 4 nitrogen and oxygen atoms in total. The number of imidazole rings is 1. The van der Waals surface area contributed by atoms with Gasteiger partial charge in [-0.1, -0.05) is 15.9 Å². The molecule has 0 bridgehead atoms. The Morgan fingerprint density at radius 2 is 2.00 bits per heavy atom. The molecule has 1 fully saturated rings. The van der Waals surface area contributed by atoms with Crippen LogP contribution < -0.4 is 10.2 Å². The number of fused-ring (bicyclic) bond motifs is 1. The van der Waals surface area contributed by atoms with Gasteiger partial charge < -0.3 is 14.8 Å². The molecular weight excluding hydrogens is 292 g/mol. The SMILES string of the molecule is Cc1cc(Br)cc2c1nc(N1CCNCC1)n2C. The number of aryl methyl sites for hydroxylation is 2. The fourth-order valence-corrected chi connectivity index (χ4v) is 3.11. The number of hydrogen-bond acceptors (Lipinski definition) is 3. The number of benzene rings is 1. The van der Waals surface area contributed by atoms with Gasteiger partial charge in [-0.3, -0.25) is 0 Å². The molecule has 1 aliphatic heterocycles. The zero-order chi connectivity index (χ0) is 12.7. The number of nitrogens with one attached hydrogen (secondary N) is 1. The lowest BCUT2D eigenvalue weighted by Gasteiger charge is -2.28. The van der Waals surface area contributed by atoms with E-state index in [0.29, 0.717) is 0 Å². The van der Waals surface area contributed by atoms with E-state index in [0.717, 1.165) is 42.1 Å². The Balaban J connectivity index is 2.13. The molecule has 3 rings (SSSR count). The van der Waals surface area contributed by atoms with Crippen LogP contribution in [0.15, 0.2) is 16.6 Å². The average molecular weight is 309 g/mol. The van der Waals surface area contributed by atoms with Crippen LogP contribution in [0.2, 0.25) is 0 Å². The predicted molar refractivity (Wildman–Crippen MR) is 78.2 cm³/mol. The molecule has 0 unspecified atom stereocenters. The van der Waals surface area contributed by atoms with Gasteiger partial charge in [-0.05, 0) is 24.6 Å². The van der Waals surface area contributed by atoms with Crippen molar-refractivity contribution in [2.75, 3.05) is 31.1 Å². The molecule has 0 atom stereocenters. The normalized spacial score (nSPS) is 16.5. The molecule has 0 aliphatic carbocycles. The minimum atomic E-state index is 1.03. The zero-order valence-electron chi connectivity index (χ0n) is 10.7. The molecule has 96 valence electrons. The Morgan fingerprint density at radius 3 is 2.72 bits per heavy atom. The highest BCUT2D eigenvalue weighted by molar-refractivity contribution is 9.10. The summed E-state index contributed by atoms with van der Waals surface area (Å²) in [5, 5.41) is 3.37. The van der Waals surface area contributed by atoms with Gasteiger partial charge in [0.2, 0.25) is 5.95 Å². The standard InChI is InChI=1S/C13H17BrN4/c1-9-7-10(14)8-11-12(9)16-13(17(11)2)18-5-3-15-4-6-18/h7-8,15H,3-6H2,1-2H3. The van der Waals surface area contributed by atoms with Gasteiger partial charge >= 0.3 is 0 Å². The highest BCUT2D eigenvalue weighted by atomic mass is 79.9. The fourth-order valence-electron chi connectivity index (χ4n) is 2.55. The highest BCUT2D eigenvalue weighted by Gasteiger charge is 2.18. The first-order valence-electron chi connectivity index (χ1n) is 6.25. The summed E-state index contributed by atoms with van der Waals surface area (Å²) in [6.45, 7) is 6.23. The third-order valence-electron chi connectivity index (χ3n) is 3.52. The summed E-state index contributed by atoms with van der Waals surface area (Å²) < 4.78 is 3.31. The second-order valence-corrected chi connectivity index (χ2v) is 5.71. The van der Waals surface area contributed by atoms with E-state index < -0.39 is 0 Å². The minimum absolute atomic E-state index is 1.03. The molecule has 0 radical (unpaired) electrons. The lowest BCUT2D eigenvalue weighted by molar-refractivity contribution is 0.575. The third kappa shape index (κ3) is 1.91. The lowest BCUT2D eigenvalue weighted by atomic mass is 10.2. The van der Waals surface area contributed by atoms with Gasteiger partial charge in [-0.15, -0.1) is 0 Å². The van der Waals surface area contributed by atoms with Crippen molar-refractivity contribution in [2.45, 2.75) is 6.92 Å². The van der Waals surface area contributed by atoms with E-state index in [9.17, 15) is 0 Å². The minimum Gasteiger partial charge on any atom is -0.340 e. The van der Waals surface area contributed by atoms with Crippen molar-refractivity contribution in [1.82, 2.24) is 14.9 Å². The summed E-state index contributed by atoms with van der Waals surface area (Å²) in [6.07, 6.45) is 0. The largest absolute Gasteiger partial charge is 0.340 e. The molecule has 1 aliphatic rings. The summed E-state index contributed by atoms with van der Waals surface area (Å²) in [7, 11) is 2.10. The Hall–Kier alpha value is -1.07. The number of anilines is 1. The van der Waals surface area contributed by atoms with Gasteiger partial charge in [0.05, 0.1) is 11.0 Å². The van der Waals surface area contributed by atoms with Gasteiger partial charge in [-0.2, -0.15) is 0 Å². The maximum Gasteiger partial charge on any atom is 0.206 e. The fraction of sp³-hybridized carbons (Fsp3) is 0.462. The van der Waals surface area contributed by atoms with Gasteiger partial charge in [0.15, 0.2) is 0 Å². The van der Waals surface area contributed by atoms with Crippen LogP contribution in [-0.4, -0.2) is 35.7 Å². The molecule has 1 N–H and O–H groups in total. The van der Waals surface area contributed by atoms with E-state index in [1.54, 1.807) is 0 Å². The third-order valence-corrected chi connectivity index (χ3v) is 3.98. The number of rotatable bonds is 1. The molecular formula is C13H17BrN4. The number of aromatic nitrogens is 2. The van der Waals surface area contributed by atoms with E-state index in [2.05, 4.69) is 56.8 Å². The smallest absolute Gasteiger partial charge is 0.206 e. The Morgan fingerprint density at radius 1 is 1.28 bits per heavy atom. The van der Waals surface area contributed by atoms with Crippen molar-refractivity contribution in [1.29, 1.82) is 0 Å². The van der Waals surface area contributed by atoms with E-state index in [-0.39, 0.29) is 0 Å². The monoisotopic (exact) mass is 308 g/mol. The first kappa shape index (κ1) is 12.0. The van der Waals surface area contributed by atoms with Crippen LogP contribution in [0, 0.1) is 6.92 Å². The molecule has 5 heteroatoms. The number of piperazine rings is 1. The second kappa shape index (κ2) is 4.55. The van der Waals surface area contributed by atoms with Crippen LogP contribution in [0.5, 0.6) is 0 Å². The first-order chi connectivity index (χ1) is 8.66. The van der Waals surface area contributed by atoms with Crippen LogP contribution in [0.3, 0.4) is 0 Å². The van der Waals surface area contributed by atoms with Crippen LogP contribution in [-0.2, 0) is 7.05 Å². The number of nitrogens with zero attached hydrogens (tertiary/aromatic N) is 3. The highest BCUT2D eigenvalue weighted by Crippen LogP contribution is 2.27. The van der Waals surface area contributed by atoms with Crippen LogP contribution in [0.4, 0.5) is 5.95 Å². The zero-order valence-corrected chi connectivity index (χ0v) is 12.3. The predicted octanol–water partition coefficient (Wildman–Crippen LogP) is 2.05. The van der Waals surface area contributed by atoms with E-state index in [4.69, 9.17) is 4.98 Å². The van der Waals surface area contributed by atoms with Crippen molar-refractivity contribution < 1.29 is 0 Å². The van der Waals surface area contributed by atoms with Crippen molar-refractivity contribution in [3.63, 3.8) is 0 Å².